The average molecular weight is 587 g/mol. The topological polar surface area (TPSA) is 117 Å². The largest absolute Gasteiger partial charge is 0.491 e. The van der Waals surface area contributed by atoms with E-state index in [1.165, 1.54) is 0 Å². The molecule has 0 atom stereocenters. The van der Waals surface area contributed by atoms with Gasteiger partial charge in [-0.2, -0.15) is 0 Å². The van der Waals surface area contributed by atoms with Gasteiger partial charge in [-0.25, -0.2) is 0 Å². The van der Waals surface area contributed by atoms with Crippen LogP contribution in [0.3, 0.4) is 0 Å². The molecule has 41 heavy (non-hydrogen) atoms. The Morgan fingerprint density at radius 3 is 1.39 bits per heavy atom. The molecule has 0 saturated heterocycles. The second kappa shape index (κ2) is 29.4. The van der Waals surface area contributed by atoms with E-state index in [2.05, 4.69) is 6.92 Å². The van der Waals surface area contributed by atoms with Gasteiger partial charge >= 0.3 is 5.97 Å². The van der Waals surface area contributed by atoms with Crippen LogP contribution in [0.2, 0.25) is 0 Å². The minimum Gasteiger partial charge on any atom is -0.491 e. The lowest BCUT2D eigenvalue weighted by Gasteiger charge is -2.09. The lowest BCUT2D eigenvalue weighted by atomic mass is 10.2. The Kier molecular flexibility index (Phi) is 26.4. The Morgan fingerprint density at radius 2 is 0.976 bits per heavy atom. The maximum atomic E-state index is 11.5. The lowest BCUT2D eigenvalue weighted by Crippen LogP contribution is -2.15. The van der Waals surface area contributed by atoms with E-state index in [4.69, 9.17) is 42.6 Å². The number of hydrogen-bond donors (Lipinski definition) is 0. The molecule has 0 aliphatic carbocycles. The smallest absolute Gasteiger partial charge is 0.305 e. The van der Waals surface area contributed by atoms with Crippen molar-refractivity contribution in [3.8, 4) is 5.75 Å². The molecule has 0 radical (unpaired) electrons. The first kappa shape index (κ1) is 36.9. The molecule has 0 spiro atoms. The van der Waals surface area contributed by atoms with Crippen LogP contribution < -0.4 is 4.74 Å². The maximum absolute atomic E-state index is 11.5. The first-order valence-corrected chi connectivity index (χ1v) is 14.6. The van der Waals surface area contributed by atoms with E-state index < -0.39 is 0 Å². The minimum absolute atomic E-state index is 0.154. The maximum Gasteiger partial charge on any atom is 0.305 e. The molecule has 0 fully saturated rings. The zero-order valence-electron chi connectivity index (χ0n) is 24.7. The first-order valence-electron chi connectivity index (χ1n) is 14.6. The fourth-order valence-corrected chi connectivity index (χ4v) is 3.27. The van der Waals surface area contributed by atoms with Crippen molar-refractivity contribution in [2.24, 2.45) is 0 Å². The number of carbonyl (C=O) groups excluding carboxylic acids is 2. The van der Waals surface area contributed by atoms with Gasteiger partial charge in [0.15, 0.2) is 0 Å². The molecular formula is C30H50O11. The van der Waals surface area contributed by atoms with Crippen molar-refractivity contribution < 1.29 is 52.2 Å². The number of rotatable bonds is 31. The number of esters is 1. The van der Waals surface area contributed by atoms with Gasteiger partial charge in [-0.05, 0) is 30.7 Å². The van der Waals surface area contributed by atoms with Gasteiger partial charge in [-0.3, -0.25) is 9.59 Å². The Labute approximate surface area is 245 Å². The molecule has 0 unspecified atom stereocenters. The molecule has 0 aliphatic rings. The molecule has 0 N–H and O–H groups in total. The first-order chi connectivity index (χ1) is 20.3. The molecule has 0 bridgehead atoms. The predicted molar refractivity (Wildman–Crippen MR) is 153 cm³/mol. The molecule has 11 nitrogen and oxygen atoms in total. The number of aldehydes is 1. The summed E-state index contributed by atoms with van der Waals surface area (Å²) in [4.78, 5) is 22.1. The summed E-state index contributed by atoms with van der Waals surface area (Å²) in [5.74, 6) is 0.549. The van der Waals surface area contributed by atoms with E-state index in [1.54, 1.807) is 24.3 Å². The summed E-state index contributed by atoms with van der Waals surface area (Å²) in [6.07, 6.45) is 5.55. The van der Waals surface area contributed by atoms with Crippen molar-refractivity contribution >= 4 is 12.3 Å². The van der Waals surface area contributed by atoms with Gasteiger partial charge in [0.1, 0.15) is 25.2 Å². The van der Waals surface area contributed by atoms with E-state index >= 15 is 0 Å². The number of hydrogen-bond acceptors (Lipinski definition) is 11. The third-order valence-corrected chi connectivity index (χ3v) is 5.47. The number of carbonyl (C=O) groups is 2. The standard InChI is InChI=1S/C30H50O11/c1-2-3-4-5-6-30(32)41-26-24-39-22-20-37-18-16-35-14-12-33-11-13-34-15-17-36-19-21-38-23-25-40-29-9-7-28(27-31)8-10-29/h7-10,27H,2-6,11-26H2,1H3. The molecule has 0 saturated carbocycles. The fourth-order valence-electron chi connectivity index (χ4n) is 3.27. The monoisotopic (exact) mass is 586 g/mol. The summed E-state index contributed by atoms with van der Waals surface area (Å²) < 4.78 is 48.7. The second-order valence-corrected chi connectivity index (χ2v) is 8.85. The zero-order valence-corrected chi connectivity index (χ0v) is 24.7. The van der Waals surface area contributed by atoms with Crippen molar-refractivity contribution in [1.82, 2.24) is 0 Å². The molecule has 0 aliphatic heterocycles. The van der Waals surface area contributed by atoms with Crippen LogP contribution in [0, 0.1) is 0 Å². The number of ether oxygens (including phenoxy) is 9. The highest BCUT2D eigenvalue weighted by Crippen LogP contribution is 2.10. The van der Waals surface area contributed by atoms with Gasteiger partial charge in [0.25, 0.3) is 0 Å². The van der Waals surface area contributed by atoms with Crippen molar-refractivity contribution in [2.45, 2.75) is 39.0 Å². The zero-order chi connectivity index (χ0) is 29.5. The van der Waals surface area contributed by atoms with Crippen molar-refractivity contribution in [3.63, 3.8) is 0 Å². The Morgan fingerprint density at radius 1 is 0.561 bits per heavy atom. The van der Waals surface area contributed by atoms with E-state index in [9.17, 15) is 9.59 Å². The van der Waals surface area contributed by atoms with E-state index in [1.807, 2.05) is 0 Å². The van der Waals surface area contributed by atoms with Gasteiger partial charge in [0.05, 0.1) is 92.5 Å². The highest BCUT2D eigenvalue weighted by molar-refractivity contribution is 5.74. The van der Waals surface area contributed by atoms with Crippen LogP contribution in [0.4, 0.5) is 0 Å². The highest BCUT2D eigenvalue weighted by atomic mass is 16.6. The number of unbranched alkanes of at least 4 members (excludes halogenated alkanes) is 3. The molecule has 1 rings (SSSR count). The molecule has 0 heterocycles. The van der Waals surface area contributed by atoms with E-state index in [0.29, 0.717) is 117 Å². The normalized spacial score (nSPS) is 11.0. The lowest BCUT2D eigenvalue weighted by molar-refractivity contribution is -0.145. The summed E-state index contributed by atoms with van der Waals surface area (Å²) in [5.41, 5.74) is 0.617. The third kappa shape index (κ3) is 25.3. The van der Waals surface area contributed by atoms with Crippen LogP contribution in [-0.4, -0.2) is 118 Å². The molecule has 236 valence electrons. The van der Waals surface area contributed by atoms with Crippen molar-refractivity contribution in [2.75, 3.05) is 106 Å². The Balaban J connectivity index is 1.68. The summed E-state index contributed by atoms with van der Waals surface area (Å²) in [6, 6.07) is 6.93. The summed E-state index contributed by atoms with van der Waals surface area (Å²) in [7, 11) is 0. The predicted octanol–water partition coefficient (Wildman–Crippen LogP) is 3.51. The van der Waals surface area contributed by atoms with Gasteiger partial charge in [-0.15, -0.1) is 0 Å². The van der Waals surface area contributed by atoms with E-state index in [0.717, 1.165) is 32.0 Å². The van der Waals surface area contributed by atoms with Crippen molar-refractivity contribution in [1.29, 1.82) is 0 Å². The second-order valence-electron chi connectivity index (χ2n) is 8.85. The Hall–Kier alpha value is -2.12. The fraction of sp³-hybridized carbons (Fsp3) is 0.733. The molecular weight excluding hydrogens is 536 g/mol. The Bertz CT molecular complexity index is 715. The summed E-state index contributed by atoms with van der Waals surface area (Å²) >= 11 is 0. The molecule has 1 aromatic carbocycles. The SMILES string of the molecule is CCCCCCC(=O)OCCOCCOCCOCCOCCOCCOCCOCCOc1ccc(C=O)cc1. The quantitative estimate of drug-likeness (QED) is 0.0723. The molecule has 1 aromatic rings. The van der Waals surface area contributed by atoms with Gasteiger partial charge in [0, 0.05) is 12.0 Å². The molecule has 11 heteroatoms. The van der Waals surface area contributed by atoms with Gasteiger partial charge < -0.3 is 42.6 Å². The highest BCUT2D eigenvalue weighted by Gasteiger charge is 2.02. The van der Waals surface area contributed by atoms with Crippen LogP contribution in [0.1, 0.15) is 49.4 Å². The van der Waals surface area contributed by atoms with Crippen LogP contribution in [-0.2, 0) is 42.7 Å². The third-order valence-electron chi connectivity index (χ3n) is 5.47. The average Bonchev–Trinajstić information content (AvgIpc) is 2.99. The van der Waals surface area contributed by atoms with Crippen LogP contribution in [0.25, 0.3) is 0 Å². The van der Waals surface area contributed by atoms with Crippen LogP contribution in [0.15, 0.2) is 24.3 Å². The number of benzene rings is 1. The molecule has 0 aromatic heterocycles. The van der Waals surface area contributed by atoms with Gasteiger partial charge in [0.2, 0.25) is 0 Å². The van der Waals surface area contributed by atoms with E-state index in [-0.39, 0.29) is 12.6 Å². The van der Waals surface area contributed by atoms with Crippen molar-refractivity contribution in [3.05, 3.63) is 29.8 Å². The van der Waals surface area contributed by atoms with Gasteiger partial charge in [-0.1, -0.05) is 26.2 Å². The summed E-state index contributed by atoms with van der Waals surface area (Å²) in [5, 5.41) is 0. The molecule has 0 amide bonds. The van der Waals surface area contributed by atoms with Crippen LogP contribution >= 0.6 is 0 Å². The minimum atomic E-state index is -0.154. The van der Waals surface area contributed by atoms with Crippen LogP contribution in [0.5, 0.6) is 5.75 Å². The summed E-state index contributed by atoms with van der Waals surface area (Å²) in [6.45, 7) is 9.49.